The molecule has 2 unspecified atom stereocenters. The van der Waals surface area contributed by atoms with E-state index in [1.165, 1.54) is 173 Å². The number of rotatable bonds is 47. The maximum atomic E-state index is 12.8. The summed E-state index contributed by atoms with van der Waals surface area (Å²) in [6.07, 6.45) is 45.1. The van der Waals surface area contributed by atoms with Crippen LogP contribution in [0.15, 0.2) is 0 Å². The molecule has 0 aromatic heterocycles. The van der Waals surface area contributed by atoms with E-state index in [1.54, 1.807) is 0 Å². The van der Waals surface area contributed by atoms with Crippen molar-refractivity contribution in [1.82, 2.24) is 0 Å². The van der Waals surface area contributed by atoms with Gasteiger partial charge in [0.25, 0.3) is 0 Å². The summed E-state index contributed by atoms with van der Waals surface area (Å²) in [5.74, 6) is 1.68. The van der Waals surface area contributed by atoms with Gasteiger partial charge in [-0.05, 0) is 37.0 Å². The molecule has 0 N–H and O–H groups in total. The molecule has 0 fully saturated rings. The van der Waals surface area contributed by atoms with Gasteiger partial charge in [0, 0.05) is 19.3 Å². The van der Waals surface area contributed by atoms with E-state index in [1.807, 2.05) is 0 Å². The highest BCUT2D eigenvalue weighted by Gasteiger charge is 2.19. The number of esters is 3. The quantitative estimate of drug-likeness (QED) is 0.0345. The minimum Gasteiger partial charge on any atom is -0.462 e. The van der Waals surface area contributed by atoms with Gasteiger partial charge in [0.1, 0.15) is 13.2 Å². The summed E-state index contributed by atoms with van der Waals surface area (Å²) in [6, 6.07) is 0. The Morgan fingerprint density at radius 3 is 0.867 bits per heavy atom. The van der Waals surface area contributed by atoms with Crippen LogP contribution in [0.4, 0.5) is 0 Å². The van der Waals surface area contributed by atoms with Gasteiger partial charge < -0.3 is 14.2 Å². The molecule has 0 rings (SSSR count). The van der Waals surface area contributed by atoms with E-state index in [2.05, 4.69) is 41.5 Å². The second-order valence-corrected chi connectivity index (χ2v) is 19.5. The first kappa shape index (κ1) is 58.4. The van der Waals surface area contributed by atoms with Crippen molar-refractivity contribution in [2.24, 2.45) is 17.8 Å². The van der Waals surface area contributed by atoms with E-state index in [0.717, 1.165) is 75.5 Å². The summed E-state index contributed by atoms with van der Waals surface area (Å²) < 4.78 is 16.8. The maximum absolute atomic E-state index is 12.8. The third-order valence-corrected chi connectivity index (χ3v) is 12.9. The average Bonchev–Trinajstić information content (AvgIpc) is 3.23. The summed E-state index contributed by atoms with van der Waals surface area (Å²) in [6.45, 7) is 13.7. The molecule has 0 radical (unpaired) electrons. The zero-order chi connectivity index (χ0) is 44.2. The van der Waals surface area contributed by atoms with Gasteiger partial charge in [-0.1, -0.05) is 253 Å². The second kappa shape index (κ2) is 45.4. The lowest BCUT2D eigenvalue weighted by Crippen LogP contribution is -2.30. The first-order valence-corrected chi connectivity index (χ1v) is 26.7. The smallest absolute Gasteiger partial charge is 0.306 e. The van der Waals surface area contributed by atoms with E-state index in [9.17, 15) is 14.4 Å². The van der Waals surface area contributed by atoms with Crippen molar-refractivity contribution >= 4 is 17.9 Å². The lowest BCUT2D eigenvalue weighted by molar-refractivity contribution is -0.167. The van der Waals surface area contributed by atoms with Crippen LogP contribution in [-0.4, -0.2) is 37.2 Å². The highest BCUT2D eigenvalue weighted by Crippen LogP contribution is 2.18. The standard InChI is InChI=1S/C54H104O6/c1-7-49(5)41-35-29-23-19-15-11-9-10-12-16-21-25-33-39-45-54(57)60-51(47-59-53(56)44-38-32-27-26-30-36-42-50(6)8-2)46-58-52(55)43-37-31-24-20-17-13-14-18-22-28-34-40-48(3)4/h48-51H,7-47H2,1-6H3/t49?,50?,51-/m0/s1. The van der Waals surface area contributed by atoms with E-state index >= 15 is 0 Å². The summed E-state index contributed by atoms with van der Waals surface area (Å²) in [4.78, 5) is 38.0. The van der Waals surface area contributed by atoms with Crippen molar-refractivity contribution < 1.29 is 28.6 Å². The fraction of sp³-hybridized carbons (Fsp3) is 0.944. The van der Waals surface area contributed by atoms with Crippen LogP contribution in [0, 0.1) is 17.8 Å². The normalized spacial score (nSPS) is 13.1. The molecule has 6 heteroatoms. The summed E-state index contributed by atoms with van der Waals surface area (Å²) >= 11 is 0. The van der Waals surface area contributed by atoms with E-state index in [-0.39, 0.29) is 31.1 Å². The molecule has 0 aromatic rings. The average molecular weight is 849 g/mol. The molecule has 356 valence electrons. The van der Waals surface area contributed by atoms with Gasteiger partial charge >= 0.3 is 17.9 Å². The lowest BCUT2D eigenvalue weighted by atomic mass is 9.99. The van der Waals surface area contributed by atoms with E-state index < -0.39 is 6.10 Å². The lowest BCUT2D eigenvalue weighted by Gasteiger charge is -2.18. The molecule has 0 amide bonds. The number of carbonyl (C=O) groups excluding carboxylic acids is 3. The molecule has 0 aromatic carbocycles. The molecule has 0 heterocycles. The van der Waals surface area contributed by atoms with Gasteiger partial charge in [-0.3, -0.25) is 14.4 Å². The Kier molecular flexibility index (Phi) is 44.2. The maximum Gasteiger partial charge on any atom is 0.306 e. The molecule has 0 aliphatic carbocycles. The number of hydrogen-bond donors (Lipinski definition) is 0. The Balaban J connectivity index is 4.29. The number of hydrogen-bond acceptors (Lipinski definition) is 6. The first-order valence-electron chi connectivity index (χ1n) is 26.7. The SMILES string of the molecule is CCC(C)CCCCCCCCCCCCCCCCC(=O)O[C@@H](COC(=O)CCCCCCCCCCCCCC(C)C)COC(=O)CCCCCCCCC(C)CC. The first-order chi connectivity index (χ1) is 29.2. The highest BCUT2D eigenvalue weighted by atomic mass is 16.6. The Labute approximate surface area is 374 Å². The van der Waals surface area contributed by atoms with Crippen LogP contribution in [0.1, 0.15) is 292 Å². The fourth-order valence-corrected chi connectivity index (χ4v) is 8.05. The minimum atomic E-state index is -0.763. The van der Waals surface area contributed by atoms with Crippen LogP contribution >= 0.6 is 0 Å². The molecular formula is C54H104O6. The predicted octanol–water partition coefficient (Wildman–Crippen LogP) is 17.2. The zero-order valence-corrected chi connectivity index (χ0v) is 41.3. The van der Waals surface area contributed by atoms with Crippen molar-refractivity contribution in [3.8, 4) is 0 Å². The minimum absolute atomic E-state index is 0.0651. The van der Waals surface area contributed by atoms with Crippen molar-refractivity contribution in [2.45, 2.75) is 298 Å². The van der Waals surface area contributed by atoms with Crippen molar-refractivity contribution in [1.29, 1.82) is 0 Å². The van der Waals surface area contributed by atoms with E-state index in [4.69, 9.17) is 14.2 Å². The van der Waals surface area contributed by atoms with Gasteiger partial charge in [0.05, 0.1) is 0 Å². The molecule has 0 bridgehead atoms. The molecule has 0 aliphatic rings. The van der Waals surface area contributed by atoms with Crippen molar-refractivity contribution in [3.05, 3.63) is 0 Å². The zero-order valence-electron chi connectivity index (χ0n) is 41.3. The van der Waals surface area contributed by atoms with Gasteiger partial charge in [-0.25, -0.2) is 0 Å². The third kappa shape index (κ3) is 44.5. The van der Waals surface area contributed by atoms with Crippen LogP contribution in [0.5, 0.6) is 0 Å². The fourth-order valence-electron chi connectivity index (χ4n) is 8.05. The van der Waals surface area contributed by atoms with Gasteiger partial charge in [0.2, 0.25) is 0 Å². The molecule has 0 aliphatic heterocycles. The monoisotopic (exact) mass is 849 g/mol. The Hall–Kier alpha value is -1.59. The second-order valence-electron chi connectivity index (χ2n) is 19.5. The summed E-state index contributed by atoms with van der Waals surface area (Å²) in [7, 11) is 0. The highest BCUT2D eigenvalue weighted by molar-refractivity contribution is 5.71. The van der Waals surface area contributed by atoms with Gasteiger partial charge in [-0.15, -0.1) is 0 Å². The van der Waals surface area contributed by atoms with E-state index in [0.29, 0.717) is 19.3 Å². The largest absolute Gasteiger partial charge is 0.462 e. The Morgan fingerprint density at radius 2 is 0.583 bits per heavy atom. The molecule has 60 heavy (non-hydrogen) atoms. The molecule has 6 nitrogen and oxygen atoms in total. The van der Waals surface area contributed by atoms with Crippen molar-refractivity contribution in [3.63, 3.8) is 0 Å². The Morgan fingerprint density at radius 1 is 0.333 bits per heavy atom. The Bertz CT molecular complexity index is 933. The molecule has 0 saturated heterocycles. The number of carbonyl (C=O) groups is 3. The number of ether oxygens (including phenoxy) is 3. The van der Waals surface area contributed by atoms with Crippen LogP contribution in [0.25, 0.3) is 0 Å². The summed E-state index contributed by atoms with van der Waals surface area (Å²) in [5, 5.41) is 0. The summed E-state index contributed by atoms with van der Waals surface area (Å²) in [5.41, 5.74) is 0. The number of unbranched alkanes of at least 4 members (excludes halogenated alkanes) is 28. The van der Waals surface area contributed by atoms with Crippen LogP contribution in [0.3, 0.4) is 0 Å². The molecule has 3 atom stereocenters. The molecular weight excluding hydrogens is 745 g/mol. The van der Waals surface area contributed by atoms with Crippen LogP contribution in [0.2, 0.25) is 0 Å². The van der Waals surface area contributed by atoms with Gasteiger partial charge in [0.15, 0.2) is 6.10 Å². The predicted molar refractivity (Wildman–Crippen MR) is 256 cm³/mol. The van der Waals surface area contributed by atoms with Crippen LogP contribution < -0.4 is 0 Å². The van der Waals surface area contributed by atoms with Gasteiger partial charge in [-0.2, -0.15) is 0 Å². The van der Waals surface area contributed by atoms with Crippen molar-refractivity contribution in [2.75, 3.05) is 13.2 Å². The third-order valence-electron chi connectivity index (χ3n) is 12.9. The molecule has 0 spiro atoms. The topological polar surface area (TPSA) is 78.9 Å². The molecule has 0 saturated carbocycles. The van der Waals surface area contributed by atoms with Crippen LogP contribution in [-0.2, 0) is 28.6 Å².